The molecule has 0 aromatic carbocycles. The average Bonchev–Trinajstić information content (AvgIpc) is 3.25. The van der Waals surface area contributed by atoms with E-state index in [4.69, 9.17) is 4.74 Å². The first-order valence-electron chi connectivity index (χ1n) is 10.1. The molecular weight excluding hydrogens is 358 g/mol. The van der Waals surface area contributed by atoms with Gasteiger partial charge in [0.1, 0.15) is 5.82 Å². The number of hydrogen-bond donors (Lipinski definition) is 3. The number of anilines is 1. The minimum absolute atomic E-state index is 0.00532. The predicted molar refractivity (Wildman–Crippen MR) is 107 cm³/mol. The highest BCUT2D eigenvalue weighted by molar-refractivity contribution is 5.86. The molecule has 154 valence electrons. The summed E-state index contributed by atoms with van der Waals surface area (Å²) in [5.41, 5.74) is 0.509. The summed E-state index contributed by atoms with van der Waals surface area (Å²) in [6.07, 6.45) is 3.51. The van der Waals surface area contributed by atoms with Crippen LogP contribution in [0, 0.1) is 18.3 Å². The second kappa shape index (κ2) is 9.23. The van der Waals surface area contributed by atoms with Gasteiger partial charge in [-0.25, -0.2) is 9.78 Å². The Labute approximate surface area is 166 Å². The highest BCUT2D eigenvalue weighted by atomic mass is 16.5. The molecular formula is C20H31N5O3. The number of likely N-dealkylation sites (tertiary alicyclic amines) is 1. The first kappa shape index (κ1) is 20.4. The second-order valence-electron chi connectivity index (χ2n) is 7.74. The topological polar surface area (TPSA) is 95.6 Å². The van der Waals surface area contributed by atoms with Crippen molar-refractivity contribution in [3.05, 3.63) is 23.9 Å². The van der Waals surface area contributed by atoms with Crippen LogP contribution >= 0.6 is 0 Å². The van der Waals surface area contributed by atoms with E-state index >= 15 is 0 Å². The minimum Gasteiger partial charge on any atom is -0.380 e. The maximum absolute atomic E-state index is 12.9. The Balaban J connectivity index is 1.44. The van der Waals surface area contributed by atoms with E-state index in [1.165, 1.54) is 0 Å². The molecule has 3 N–H and O–H groups in total. The first-order chi connectivity index (χ1) is 13.5. The van der Waals surface area contributed by atoms with Crippen LogP contribution in [0.5, 0.6) is 0 Å². The summed E-state index contributed by atoms with van der Waals surface area (Å²) in [6, 6.07) is 3.88. The lowest BCUT2D eigenvalue weighted by Gasteiger charge is -2.26. The number of carbonyl (C=O) groups is 2. The average molecular weight is 390 g/mol. The van der Waals surface area contributed by atoms with Crippen molar-refractivity contribution in [1.82, 2.24) is 20.5 Å². The number of aromatic nitrogens is 1. The minimum atomic E-state index is -0.616. The van der Waals surface area contributed by atoms with E-state index in [1.807, 2.05) is 32.2 Å². The van der Waals surface area contributed by atoms with Gasteiger partial charge in [0.25, 0.3) is 0 Å². The van der Waals surface area contributed by atoms with Gasteiger partial charge in [-0.05, 0) is 31.4 Å². The van der Waals surface area contributed by atoms with Gasteiger partial charge in [0.15, 0.2) is 0 Å². The van der Waals surface area contributed by atoms with Gasteiger partial charge in [-0.3, -0.25) is 4.79 Å². The van der Waals surface area contributed by atoms with E-state index < -0.39 is 5.41 Å². The van der Waals surface area contributed by atoms with Crippen molar-refractivity contribution in [3.8, 4) is 0 Å². The molecule has 3 amide bonds. The molecule has 0 aliphatic carbocycles. The molecule has 2 aliphatic heterocycles. The van der Waals surface area contributed by atoms with Gasteiger partial charge in [0.05, 0.1) is 18.6 Å². The number of nitrogens with one attached hydrogen (secondary N) is 3. The number of hydrogen-bond acceptors (Lipinski definition) is 5. The smallest absolute Gasteiger partial charge is 0.317 e. The molecule has 0 saturated carbocycles. The van der Waals surface area contributed by atoms with E-state index in [1.54, 1.807) is 4.90 Å². The Morgan fingerprint density at radius 3 is 2.89 bits per heavy atom. The summed E-state index contributed by atoms with van der Waals surface area (Å²) < 4.78 is 5.60. The number of urea groups is 1. The van der Waals surface area contributed by atoms with Crippen LogP contribution in [0.2, 0.25) is 0 Å². The van der Waals surface area contributed by atoms with Crippen molar-refractivity contribution in [2.45, 2.75) is 26.7 Å². The van der Waals surface area contributed by atoms with E-state index in [2.05, 4.69) is 20.9 Å². The summed E-state index contributed by atoms with van der Waals surface area (Å²) in [7, 11) is 0. The van der Waals surface area contributed by atoms with Crippen molar-refractivity contribution >= 4 is 17.8 Å². The number of ether oxygens (including phenoxy) is 1. The Hall–Kier alpha value is -2.35. The fraction of sp³-hybridized carbons (Fsp3) is 0.650. The van der Waals surface area contributed by atoms with Crippen molar-refractivity contribution in [2.24, 2.45) is 11.3 Å². The monoisotopic (exact) mass is 389 g/mol. The predicted octanol–water partition coefficient (Wildman–Crippen LogP) is 1.38. The number of pyridine rings is 1. The molecule has 1 aromatic heterocycles. The maximum Gasteiger partial charge on any atom is 0.317 e. The number of aryl methyl sites for hydroxylation is 1. The van der Waals surface area contributed by atoms with Crippen molar-refractivity contribution < 1.29 is 14.3 Å². The van der Waals surface area contributed by atoms with Crippen molar-refractivity contribution in [1.29, 1.82) is 0 Å². The van der Waals surface area contributed by atoms with E-state index in [9.17, 15) is 9.59 Å². The summed E-state index contributed by atoms with van der Waals surface area (Å²) in [5.74, 6) is 0.897. The lowest BCUT2D eigenvalue weighted by Crippen LogP contribution is -2.48. The molecule has 2 saturated heterocycles. The third-order valence-corrected chi connectivity index (χ3v) is 5.50. The molecule has 3 rings (SSSR count). The van der Waals surface area contributed by atoms with E-state index in [0.717, 1.165) is 30.8 Å². The Kier molecular flexibility index (Phi) is 6.72. The number of fused-ring (bicyclic) bond motifs is 1. The van der Waals surface area contributed by atoms with Crippen LogP contribution in [0.3, 0.4) is 0 Å². The van der Waals surface area contributed by atoms with Gasteiger partial charge in [-0.15, -0.1) is 0 Å². The summed E-state index contributed by atoms with van der Waals surface area (Å²) >= 11 is 0. The fourth-order valence-corrected chi connectivity index (χ4v) is 3.81. The Morgan fingerprint density at radius 2 is 2.14 bits per heavy atom. The van der Waals surface area contributed by atoms with Crippen LogP contribution in [0.25, 0.3) is 0 Å². The standard InChI is InChI=1S/C20H31N5O3/c1-3-7-23-19(27)25-11-16-12-28-14-20(16,13-25)18(26)22-9-4-8-21-17-6-5-15(2)10-24-17/h5-6,10,16H,3-4,7-9,11-14H2,1-2H3,(H,21,24)(H,22,26)(H,23,27)/t16-,20-/m1/s1. The first-order valence-corrected chi connectivity index (χ1v) is 10.1. The summed E-state index contributed by atoms with van der Waals surface area (Å²) in [4.78, 5) is 31.3. The molecule has 2 atom stereocenters. The molecule has 0 unspecified atom stereocenters. The van der Waals surface area contributed by atoms with Crippen LogP contribution in [-0.2, 0) is 9.53 Å². The number of amides is 3. The van der Waals surface area contributed by atoms with Gasteiger partial charge < -0.3 is 25.6 Å². The molecule has 8 heteroatoms. The fourth-order valence-electron chi connectivity index (χ4n) is 3.81. The summed E-state index contributed by atoms with van der Waals surface area (Å²) in [5, 5.41) is 9.20. The molecule has 1 aromatic rings. The third-order valence-electron chi connectivity index (χ3n) is 5.50. The second-order valence-corrected chi connectivity index (χ2v) is 7.74. The van der Waals surface area contributed by atoms with Gasteiger partial charge in [0, 0.05) is 44.8 Å². The largest absolute Gasteiger partial charge is 0.380 e. The zero-order chi connectivity index (χ0) is 20.0. The van der Waals surface area contributed by atoms with Crippen LogP contribution in [0.15, 0.2) is 18.3 Å². The molecule has 8 nitrogen and oxygen atoms in total. The third kappa shape index (κ3) is 4.55. The lowest BCUT2D eigenvalue weighted by atomic mass is 9.80. The van der Waals surface area contributed by atoms with Gasteiger partial charge in [-0.2, -0.15) is 0 Å². The van der Waals surface area contributed by atoms with Crippen LogP contribution < -0.4 is 16.0 Å². The van der Waals surface area contributed by atoms with Crippen molar-refractivity contribution in [3.63, 3.8) is 0 Å². The molecule has 2 aliphatic rings. The van der Waals surface area contributed by atoms with E-state index in [-0.39, 0.29) is 17.9 Å². The molecule has 0 radical (unpaired) electrons. The van der Waals surface area contributed by atoms with Gasteiger partial charge in [-0.1, -0.05) is 13.0 Å². The van der Waals surface area contributed by atoms with Crippen LogP contribution in [0.4, 0.5) is 10.6 Å². The number of carbonyl (C=O) groups excluding carboxylic acids is 2. The van der Waals surface area contributed by atoms with Crippen molar-refractivity contribution in [2.75, 3.05) is 51.3 Å². The number of rotatable bonds is 8. The Bertz CT molecular complexity index is 681. The normalized spacial score (nSPS) is 23.4. The van der Waals surface area contributed by atoms with Gasteiger partial charge in [0.2, 0.25) is 5.91 Å². The summed E-state index contributed by atoms with van der Waals surface area (Å²) in [6.45, 7) is 7.89. The molecule has 28 heavy (non-hydrogen) atoms. The maximum atomic E-state index is 12.9. The number of nitrogens with zero attached hydrogens (tertiary/aromatic N) is 2. The van der Waals surface area contributed by atoms with Crippen LogP contribution in [0.1, 0.15) is 25.3 Å². The molecule has 3 heterocycles. The van der Waals surface area contributed by atoms with Crippen LogP contribution in [-0.4, -0.2) is 67.8 Å². The molecule has 0 bridgehead atoms. The van der Waals surface area contributed by atoms with Gasteiger partial charge >= 0.3 is 6.03 Å². The zero-order valence-electron chi connectivity index (χ0n) is 16.8. The zero-order valence-corrected chi connectivity index (χ0v) is 16.8. The highest BCUT2D eigenvalue weighted by Crippen LogP contribution is 2.41. The molecule has 0 spiro atoms. The lowest BCUT2D eigenvalue weighted by molar-refractivity contribution is -0.131. The Morgan fingerprint density at radius 1 is 1.29 bits per heavy atom. The highest BCUT2D eigenvalue weighted by Gasteiger charge is 2.56. The molecule has 2 fully saturated rings. The SMILES string of the molecule is CCCNC(=O)N1C[C@@H]2COC[C@]2(C(=O)NCCCNc2ccc(C)cn2)C1. The quantitative estimate of drug-likeness (QED) is 0.584. The van der Waals surface area contributed by atoms with E-state index in [0.29, 0.717) is 39.4 Å².